The summed E-state index contributed by atoms with van der Waals surface area (Å²) in [5, 5.41) is 10.4. The molecule has 1 aliphatic rings. The van der Waals surface area contributed by atoms with Crippen molar-refractivity contribution in [2.24, 2.45) is 5.73 Å². The van der Waals surface area contributed by atoms with Crippen LogP contribution >= 0.6 is 15.9 Å². The first-order valence-corrected chi connectivity index (χ1v) is 11.1. The Morgan fingerprint density at radius 1 is 1.11 bits per heavy atom. The topological polar surface area (TPSA) is 98.5 Å². The summed E-state index contributed by atoms with van der Waals surface area (Å²) in [4.78, 5) is 12.9. The van der Waals surface area contributed by atoms with Crippen LogP contribution in [0.4, 0.5) is 8.78 Å². The summed E-state index contributed by atoms with van der Waals surface area (Å²) in [7, 11) is 0. The lowest BCUT2D eigenvalue weighted by atomic mass is 9.83. The van der Waals surface area contributed by atoms with Crippen LogP contribution in [0.1, 0.15) is 33.2 Å². The van der Waals surface area contributed by atoms with Gasteiger partial charge in [-0.1, -0.05) is 28.1 Å². The van der Waals surface area contributed by atoms with Crippen molar-refractivity contribution in [1.82, 2.24) is 0 Å². The normalized spacial score (nSPS) is 14.9. The van der Waals surface area contributed by atoms with E-state index in [1.54, 1.807) is 25.1 Å². The molecule has 4 aromatic rings. The van der Waals surface area contributed by atoms with Gasteiger partial charge in [-0.2, -0.15) is 5.26 Å². The highest BCUT2D eigenvalue weighted by molar-refractivity contribution is 9.10. The van der Waals surface area contributed by atoms with Crippen molar-refractivity contribution < 1.29 is 27.5 Å². The number of carbonyl (C=O) groups excluding carboxylic acids is 1. The third-order valence-electron chi connectivity index (χ3n) is 5.76. The van der Waals surface area contributed by atoms with E-state index in [1.165, 1.54) is 18.2 Å². The maximum atomic E-state index is 13.9. The average Bonchev–Trinajstić information content (AvgIpc) is 3.15. The number of halogens is 3. The summed E-state index contributed by atoms with van der Waals surface area (Å²) < 4.78 is 45.1. The van der Waals surface area contributed by atoms with Crippen LogP contribution in [-0.2, 0) is 0 Å². The van der Waals surface area contributed by atoms with Gasteiger partial charge in [-0.05, 0) is 48.9 Å². The number of carbonyl (C=O) groups is 1. The summed E-state index contributed by atoms with van der Waals surface area (Å²) in [5.74, 6) is -3.32. The first kappa shape index (κ1) is 22.6. The Kier molecular flexibility index (Phi) is 5.53. The highest BCUT2D eigenvalue weighted by atomic mass is 79.9. The van der Waals surface area contributed by atoms with Gasteiger partial charge in [0.2, 0.25) is 11.6 Å². The van der Waals surface area contributed by atoms with Crippen molar-refractivity contribution in [3.8, 4) is 17.6 Å². The number of aryl methyl sites for hydroxylation is 1. The number of rotatable bonds is 3. The third-order valence-corrected chi connectivity index (χ3v) is 6.25. The monoisotopic (exact) mass is 536 g/mol. The molecule has 0 saturated carbocycles. The second-order valence-corrected chi connectivity index (χ2v) is 8.80. The van der Waals surface area contributed by atoms with Gasteiger partial charge in [-0.15, -0.1) is 0 Å². The molecule has 1 aliphatic heterocycles. The van der Waals surface area contributed by atoms with E-state index in [1.807, 2.05) is 12.1 Å². The fourth-order valence-electron chi connectivity index (χ4n) is 4.08. The lowest BCUT2D eigenvalue weighted by Crippen LogP contribution is -2.21. The zero-order valence-corrected chi connectivity index (χ0v) is 19.7. The molecule has 2 N–H and O–H groups in total. The Hall–Kier alpha value is -4.16. The van der Waals surface area contributed by atoms with Gasteiger partial charge >= 0.3 is 5.97 Å². The van der Waals surface area contributed by atoms with Gasteiger partial charge in [0.25, 0.3) is 0 Å². The molecule has 2 heterocycles. The van der Waals surface area contributed by atoms with Crippen LogP contribution in [0, 0.1) is 29.9 Å². The van der Waals surface area contributed by atoms with Gasteiger partial charge in [0.05, 0.1) is 5.92 Å². The summed E-state index contributed by atoms with van der Waals surface area (Å²) in [6.07, 6.45) is 0. The molecular formula is C26H15BrF2N2O4. The lowest BCUT2D eigenvalue weighted by Gasteiger charge is -2.26. The predicted octanol–water partition coefficient (Wildman–Crippen LogP) is 6.22. The minimum absolute atomic E-state index is 0.0531. The van der Waals surface area contributed by atoms with E-state index in [4.69, 9.17) is 19.6 Å². The van der Waals surface area contributed by atoms with E-state index < -0.39 is 23.5 Å². The minimum atomic E-state index is -1.05. The molecule has 0 aliphatic carbocycles. The number of benzene rings is 3. The number of ether oxygens (including phenoxy) is 2. The first-order chi connectivity index (χ1) is 16.8. The van der Waals surface area contributed by atoms with Crippen molar-refractivity contribution in [3.05, 3.63) is 105 Å². The van der Waals surface area contributed by atoms with Crippen molar-refractivity contribution in [2.75, 3.05) is 0 Å². The minimum Gasteiger partial charge on any atom is -0.449 e. The molecule has 1 atom stereocenters. The number of fused-ring (bicyclic) bond motifs is 2. The van der Waals surface area contributed by atoms with E-state index in [0.717, 1.165) is 22.0 Å². The fraction of sp³-hybridized carbons (Fsp3) is 0.0769. The van der Waals surface area contributed by atoms with Crippen molar-refractivity contribution in [1.29, 1.82) is 5.26 Å². The second kappa shape index (κ2) is 8.56. The Morgan fingerprint density at radius 3 is 2.66 bits per heavy atom. The second-order valence-electron chi connectivity index (χ2n) is 7.88. The van der Waals surface area contributed by atoms with Crippen LogP contribution in [0.3, 0.4) is 0 Å². The highest BCUT2D eigenvalue weighted by Crippen LogP contribution is 2.43. The molecule has 35 heavy (non-hydrogen) atoms. The number of hydrogen-bond acceptors (Lipinski definition) is 6. The van der Waals surface area contributed by atoms with Gasteiger partial charge in [0.1, 0.15) is 28.7 Å². The standard InChI is InChI=1S/C26H15BrF2N2O4/c1-12-17-9-14(27)3-7-21(17)34-24(12)26(32)33-15-4-5-16-22(10-15)35-25(31)18(11-30)23(16)13-2-6-19(28)20(29)8-13/h2-10,23H,31H2,1H3. The maximum Gasteiger partial charge on any atom is 0.379 e. The van der Waals surface area contributed by atoms with Crippen LogP contribution < -0.4 is 15.2 Å². The molecule has 0 spiro atoms. The largest absolute Gasteiger partial charge is 0.449 e. The van der Waals surface area contributed by atoms with Gasteiger partial charge in [-0.25, -0.2) is 13.6 Å². The molecular weight excluding hydrogens is 522 g/mol. The molecule has 5 rings (SSSR count). The number of nitrogens with zero attached hydrogens (tertiary/aromatic N) is 1. The smallest absolute Gasteiger partial charge is 0.379 e. The molecule has 1 aromatic heterocycles. The summed E-state index contributed by atoms with van der Waals surface area (Å²) in [5.41, 5.74) is 7.98. The quantitative estimate of drug-likeness (QED) is 0.246. The van der Waals surface area contributed by atoms with E-state index in [0.29, 0.717) is 22.3 Å². The molecule has 0 bridgehead atoms. The molecule has 0 radical (unpaired) electrons. The molecule has 9 heteroatoms. The molecule has 174 valence electrons. The van der Waals surface area contributed by atoms with Gasteiger partial charge < -0.3 is 19.6 Å². The van der Waals surface area contributed by atoms with E-state index in [2.05, 4.69) is 15.9 Å². The maximum absolute atomic E-state index is 13.9. The van der Waals surface area contributed by atoms with Crippen LogP contribution in [0.5, 0.6) is 11.5 Å². The third kappa shape index (κ3) is 3.92. The highest BCUT2D eigenvalue weighted by Gasteiger charge is 2.32. The zero-order valence-electron chi connectivity index (χ0n) is 18.1. The van der Waals surface area contributed by atoms with Crippen LogP contribution in [0.25, 0.3) is 11.0 Å². The van der Waals surface area contributed by atoms with Crippen LogP contribution in [0.2, 0.25) is 0 Å². The molecule has 0 saturated heterocycles. The summed E-state index contributed by atoms with van der Waals surface area (Å²) in [6, 6.07) is 15.3. The number of allylic oxidation sites excluding steroid dienone is 1. The number of nitriles is 1. The van der Waals surface area contributed by atoms with E-state index >= 15 is 0 Å². The number of nitrogens with two attached hydrogens (primary N) is 1. The van der Waals surface area contributed by atoms with Gasteiger partial charge in [0.15, 0.2) is 11.6 Å². The van der Waals surface area contributed by atoms with E-state index in [-0.39, 0.29) is 28.7 Å². The number of hydrogen-bond donors (Lipinski definition) is 1. The predicted molar refractivity (Wildman–Crippen MR) is 126 cm³/mol. The molecule has 1 unspecified atom stereocenters. The molecule has 0 amide bonds. The lowest BCUT2D eigenvalue weighted by molar-refractivity contribution is 0.0702. The average molecular weight is 537 g/mol. The number of furan rings is 1. The fourth-order valence-corrected chi connectivity index (χ4v) is 4.44. The summed E-state index contributed by atoms with van der Waals surface area (Å²) >= 11 is 3.40. The Labute approximate surface area is 206 Å². The molecule has 6 nitrogen and oxygen atoms in total. The van der Waals surface area contributed by atoms with Crippen LogP contribution in [-0.4, -0.2) is 5.97 Å². The van der Waals surface area contributed by atoms with Crippen molar-refractivity contribution >= 4 is 32.9 Å². The molecule has 3 aromatic carbocycles. The Bertz CT molecular complexity index is 1600. The molecule has 0 fully saturated rings. The Morgan fingerprint density at radius 2 is 1.91 bits per heavy atom. The number of esters is 1. The van der Waals surface area contributed by atoms with E-state index in [9.17, 15) is 18.8 Å². The Balaban J connectivity index is 1.50. The zero-order chi connectivity index (χ0) is 24.9. The summed E-state index contributed by atoms with van der Waals surface area (Å²) in [6.45, 7) is 1.76. The van der Waals surface area contributed by atoms with Crippen molar-refractivity contribution in [2.45, 2.75) is 12.8 Å². The van der Waals surface area contributed by atoms with Crippen LogP contribution in [0.15, 0.2) is 74.9 Å². The van der Waals surface area contributed by atoms with Crippen molar-refractivity contribution in [3.63, 3.8) is 0 Å². The van der Waals surface area contributed by atoms with Gasteiger partial charge in [-0.3, -0.25) is 0 Å². The first-order valence-electron chi connectivity index (χ1n) is 10.3. The van der Waals surface area contributed by atoms with Gasteiger partial charge in [0, 0.05) is 27.1 Å². The SMILES string of the molecule is Cc1c(C(=O)Oc2ccc3c(c2)OC(N)=C(C#N)C3c2ccc(F)c(F)c2)oc2ccc(Br)cc12.